The summed E-state index contributed by atoms with van der Waals surface area (Å²) in [6, 6.07) is 8.70. The lowest BCUT2D eigenvalue weighted by atomic mass is 9.49. The number of benzene rings is 1. The fourth-order valence-electron chi connectivity index (χ4n) is 8.47. The SMILES string of the molecule is Cc1[nH]c2ccccc2c1[C@@H]1[C@H](CCNC(=O)C23CC4CC(CC(C4)C2)C3)C1(C)C. The van der Waals surface area contributed by atoms with E-state index < -0.39 is 0 Å². The van der Waals surface area contributed by atoms with Gasteiger partial charge in [-0.15, -0.1) is 0 Å². The van der Waals surface area contributed by atoms with Gasteiger partial charge in [-0.2, -0.15) is 0 Å². The molecule has 160 valence electrons. The van der Waals surface area contributed by atoms with Crippen LogP contribution in [-0.4, -0.2) is 17.4 Å². The molecule has 2 atom stereocenters. The summed E-state index contributed by atoms with van der Waals surface area (Å²) in [6.45, 7) is 7.87. The quantitative estimate of drug-likeness (QED) is 0.636. The van der Waals surface area contributed by atoms with Gasteiger partial charge < -0.3 is 10.3 Å². The minimum atomic E-state index is -0.0132. The highest BCUT2D eigenvalue weighted by Crippen LogP contribution is 2.67. The van der Waals surface area contributed by atoms with E-state index in [0.29, 0.717) is 23.2 Å². The van der Waals surface area contributed by atoms with E-state index in [2.05, 4.69) is 55.3 Å². The average Bonchev–Trinajstić information content (AvgIpc) is 3.05. The van der Waals surface area contributed by atoms with Crippen LogP contribution >= 0.6 is 0 Å². The molecule has 5 aliphatic carbocycles. The Labute approximate surface area is 180 Å². The van der Waals surface area contributed by atoms with Crippen molar-refractivity contribution in [1.82, 2.24) is 10.3 Å². The Morgan fingerprint density at radius 1 is 1.07 bits per heavy atom. The molecule has 1 heterocycles. The largest absolute Gasteiger partial charge is 0.358 e. The number of amides is 1. The molecule has 1 aromatic heterocycles. The van der Waals surface area contributed by atoms with E-state index in [1.54, 1.807) is 0 Å². The Morgan fingerprint density at radius 2 is 1.70 bits per heavy atom. The van der Waals surface area contributed by atoms with E-state index >= 15 is 0 Å². The third-order valence-electron chi connectivity index (χ3n) is 9.57. The van der Waals surface area contributed by atoms with Gasteiger partial charge in [0.1, 0.15) is 0 Å². The number of aryl methyl sites for hydroxylation is 1. The van der Waals surface area contributed by atoms with Crippen molar-refractivity contribution in [2.45, 2.75) is 71.6 Å². The molecular formula is C27H36N2O. The summed E-state index contributed by atoms with van der Waals surface area (Å²) in [4.78, 5) is 16.9. The first kappa shape index (κ1) is 19.0. The number of aromatic amines is 1. The zero-order valence-electron chi connectivity index (χ0n) is 18.8. The van der Waals surface area contributed by atoms with E-state index in [0.717, 1.165) is 50.0 Å². The Kier molecular flexibility index (Phi) is 4.03. The minimum absolute atomic E-state index is 0.0132. The number of para-hydroxylation sites is 1. The van der Waals surface area contributed by atoms with Gasteiger partial charge >= 0.3 is 0 Å². The van der Waals surface area contributed by atoms with Crippen molar-refractivity contribution in [3.8, 4) is 0 Å². The predicted octanol–water partition coefficient (Wildman–Crippen LogP) is 5.94. The van der Waals surface area contributed by atoms with E-state index in [4.69, 9.17) is 0 Å². The van der Waals surface area contributed by atoms with Crippen LogP contribution in [0.2, 0.25) is 0 Å². The van der Waals surface area contributed by atoms with Crippen LogP contribution < -0.4 is 5.32 Å². The van der Waals surface area contributed by atoms with Gasteiger partial charge in [0.15, 0.2) is 0 Å². The molecule has 0 aliphatic heterocycles. The predicted molar refractivity (Wildman–Crippen MR) is 121 cm³/mol. The van der Waals surface area contributed by atoms with Crippen LogP contribution in [0.3, 0.4) is 0 Å². The van der Waals surface area contributed by atoms with Gasteiger partial charge in [0, 0.05) is 28.6 Å². The maximum atomic E-state index is 13.3. The van der Waals surface area contributed by atoms with Crippen molar-refractivity contribution in [3.63, 3.8) is 0 Å². The number of carbonyl (C=O) groups excluding carboxylic acids is 1. The van der Waals surface area contributed by atoms with Crippen LogP contribution in [0.1, 0.15) is 76.0 Å². The highest BCUT2D eigenvalue weighted by molar-refractivity contribution is 5.86. The maximum absolute atomic E-state index is 13.3. The second-order valence-electron chi connectivity index (χ2n) is 11.9. The molecule has 5 saturated carbocycles. The monoisotopic (exact) mass is 404 g/mol. The molecule has 5 aliphatic rings. The molecule has 1 aromatic carbocycles. The zero-order chi connectivity index (χ0) is 20.7. The highest BCUT2D eigenvalue weighted by atomic mass is 16.2. The summed E-state index contributed by atoms with van der Waals surface area (Å²) in [5.41, 5.74) is 4.37. The first-order valence-corrected chi connectivity index (χ1v) is 12.2. The lowest BCUT2D eigenvalue weighted by Crippen LogP contribution is -2.53. The summed E-state index contributed by atoms with van der Waals surface area (Å²) >= 11 is 0. The Balaban J connectivity index is 1.13. The molecule has 3 heteroatoms. The number of hydrogen-bond acceptors (Lipinski definition) is 1. The lowest BCUT2D eigenvalue weighted by molar-refractivity contribution is -0.146. The molecule has 2 N–H and O–H groups in total. The zero-order valence-corrected chi connectivity index (χ0v) is 18.8. The van der Waals surface area contributed by atoms with Crippen molar-refractivity contribution in [3.05, 3.63) is 35.5 Å². The lowest BCUT2D eigenvalue weighted by Gasteiger charge is -2.55. The first-order chi connectivity index (χ1) is 14.4. The fourth-order valence-corrected chi connectivity index (χ4v) is 8.47. The van der Waals surface area contributed by atoms with E-state index in [1.165, 1.54) is 41.4 Å². The van der Waals surface area contributed by atoms with Gasteiger partial charge in [-0.05, 0) is 98.5 Å². The van der Waals surface area contributed by atoms with Crippen LogP contribution in [0.15, 0.2) is 24.3 Å². The maximum Gasteiger partial charge on any atom is 0.226 e. The summed E-state index contributed by atoms with van der Waals surface area (Å²) < 4.78 is 0. The van der Waals surface area contributed by atoms with Crippen molar-refractivity contribution >= 4 is 16.8 Å². The molecule has 4 bridgehead atoms. The molecule has 3 nitrogen and oxygen atoms in total. The second-order valence-corrected chi connectivity index (χ2v) is 11.9. The van der Waals surface area contributed by atoms with E-state index in [9.17, 15) is 4.79 Å². The molecule has 0 spiro atoms. The Morgan fingerprint density at radius 3 is 2.37 bits per heavy atom. The smallest absolute Gasteiger partial charge is 0.226 e. The number of carbonyl (C=O) groups is 1. The van der Waals surface area contributed by atoms with Crippen molar-refractivity contribution < 1.29 is 4.79 Å². The number of aromatic nitrogens is 1. The van der Waals surface area contributed by atoms with Crippen molar-refractivity contribution in [2.75, 3.05) is 6.54 Å². The topological polar surface area (TPSA) is 44.9 Å². The first-order valence-electron chi connectivity index (χ1n) is 12.2. The number of H-pyrrole nitrogens is 1. The molecule has 7 rings (SSSR count). The van der Waals surface area contributed by atoms with Gasteiger partial charge in [-0.3, -0.25) is 4.79 Å². The molecule has 1 amide bonds. The Hall–Kier alpha value is -1.77. The fraction of sp³-hybridized carbons (Fsp3) is 0.667. The Bertz CT molecular complexity index is 964. The third-order valence-corrected chi connectivity index (χ3v) is 9.57. The van der Waals surface area contributed by atoms with Gasteiger partial charge in [0.25, 0.3) is 0 Å². The van der Waals surface area contributed by atoms with E-state index in [-0.39, 0.29) is 5.41 Å². The standard InChI is InChI=1S/C27H36N2O/c1-16-23(20-6-4-5-7-22(20)29-16)24-21(26(24,2)3)8-9-28-25(30)27-13-17-10-18(14-27)12-19(11-17)15-27/h4-7,17-19,21,24,29H,8-15H2,1-3H3,(H,28,30)/t17?,18?,19?,21-,24-,27?/m0/s1. The average molecular weight is 405 g/mol. The highest BCUT2D eigenvalue weighted by Gasteiger charge is 2.59. The van der Waals surface area contributed by atoms with Crippen molar-refractivity contribution in [2.24, 2.45) is 34.5 Å². The van der Waals surface area contributed by atoms with Crippen LogP contribution in [0.25, 0.3) is 10.9 Å². The summed E-state index contributed by atoms with van der Waals surface area (Å²) in [5.74, 6) is 4.12. The van der Waals surface area contributed by atoms with Crippen LogP contribution in [0, 0.1) is 41.4 Å². The van der Waals surface area contributed by atoms with Crippen molar-refractivity contribution in [1.29, 1.82) is 0 Å². The second kappa shape index (κ2) is 6.37. The van der Waals surface area contributed by atoms with Crippen LogP contribution in [0.5, 0.6) is 0 Å². The van der Waals surface area contributed by atoms with Crippen LogP contribution in [-0.2, 0) is 4.79 Å². The third kappa shape index (κ3) is 2.73. The normalized spacial score (nSPS) is 38.2. The molecule has 0 radical (unpaired) electrons. The van der Waals surface area contributed by atoms with E-state index in [1.807, 2.05) is 0 Å². The molecule has 0 saturated heterocycles. The van der Waals surface area contributed by atoms with Gasteiger partial charge in [-0.25, -0.2) is 0 Å². The number of rotatable bonds is 5. The van der Waals surface area contributed by atoms with Gasteiger partial charge in [-0.1, -0.05) is 32.0 Å². The van der Waals surface area contributed by atoms with Gasteiger partial charge in [0.05, 0.1) is 0 Å². The summed E-state index contributed by atoms with van der Waals surface area (Å²) in [5, 5.41) is 4.80. The number of fused-ring (bicyclic) bond motifs is 1. The number of nitrogens with one attached hydrogen (secondary N) is 2. The summed E-state index contributed by atoms with van der Waals surface area (Å²) in [7, 11) is 0. The molecule has 0 unspecified atom stereocenters. The molecule has 5 fully saturated rings. The summed E-state index contributed by atoms with van der Waals surface area (Å²) in [6.07, 6.45) is 8.77. The number of hydrogen-bond donors (Lipinski definition) is 2. The minimum Gasteiger partial charge on any atom is -0.358 e. The molecule has 30 heavy (non-hydrogen) atoms. The molecular weight excluding hydrogens is 368 g/mol. The van der Waals surface area contributed by atoms with Gasteiger partial charge in [0.2, 0.25) is 5.91 Å². The molecule has 2 aromatic rings. The van der Waals surface area contributed by atoms with Crippen LogP contribution in [0.4, 0.5) is 0 Å².